The van der Waals surface area contributed by atoms with Gasteiger partial charge in [-0.15, -0.1) is 5.10 Å². The fourth-order valence-corrected chi connectivity index (χ4v) is 3.95. The Hall–Kier alpha value is -1.47. The molecule has 1 atom stereocenters. The van der Waals surface area contributed by atoms with Gasteiger partial charge < -0.3 is 10.6 Å². The number of amides is 1. The molecule has 1 amide bonds. The molecule has 2 saturated heterocycles. The van der Waals surface area contributed by atoms with E-state index in [0.29, 0.717) is 24.3 Å². The normalized spacial score (nSPS) is 23.3. The summed E-state index contributed by atoms with van der Waals surface area (Å²) in [6.45, 7) is 9.03. The minimum Gasteiger partial charge on any atom is -0.349 e. The SMILES string of the molecule is CCN1CCCCC1CNC(=O)c1nnn(C2CCNCC2)c1C. The van der Waals surface area contributed by atoms with Gasteiger partial charge in [-0.3, -0.25) is 9.69 Å². The quantitative estimate of drug-likeness (QED) is 0.844. The average molecular weight is 334 g/mol. The van der Waals surface area contributed by atoms with Gasteiger partial charge in [0.15, 0.2) is 5.69 Å². The van der Waals surface area contributed by atoms with Crippen LogP contribution in [0.1, 0.15) is 61.3 Å². The van der Waals surface area contributed by atoms with E-state index in [1.807, 2.05) is 11.6 Å². The summed E-state index contributed by atoms with van der Waals surface area (Å²) in [4.78, 5) is 15.0. The van der Waals surface area contributed by atoms with Crippen molar-refractivity contribution < 1.29 is 4.79 Å². The number of piperidine rings is 2. The van der Waals surface area contributed by atoms with E-state index in [1.54, 1.807) is 0 Å². The van der Waals surface area contributed by atoms with Crippen molar-refractivity contribution in [2.24, 2.45) is 0 Å². The highest BCUT2D eigenvalue weighted by molar-refractivity contribution is 5.93. The highest BCUT2D eigenvalue weighted by Gasteiger charge is 2.25. The first-order chi connectivity index (χ1) is 11.7. The second-order valence-corrected chi connectivity index (χ2v) is 6.94. The molecule has 7 nitrogen and oxygen atoms in total. The van der Waals surface area contributed by atoms with Crippen LogP contribution in [0.3, 0.4) is 0 Å². The zero-order valence-corrected chi connectivity index (χ0v) is 14.9. The summed E-state index contributed by atoms with van der Waals surface area (Å²) >= 11 is 0. The molecule has 0 saturated carbocycles. The maximum atomic E-state index is 12.5. The number of hydrogen-bond acceptors (Lipinski definition) is 5. The highest BCUT2D eigenvalue weighted by atomic mass is 16.2. The van der Waals surface area contributed by atoms with Crippen molar-refractivity contribution in [1.82, 2.24) is 30.5 Å². The molecule has 1 aromatic heterocycles. The Kier molecular flexibility index (Phi) is 5.84. The molecule has 0 spiro atoms. The third-order valence-electron chi connectivity index (χ3n) is 5.45. The number of carbonyl (C=O) groups is 1. The standard InChI is InChI=1S/C17H30N6O/c1-3-22-11-5-4-6-15(22)12-19-17(24)16-13(2)23(21-20-16)14-7-9-18-10-8-14/h14-15,18H,3-12H2,1-2H3,(H,19,24). The van der Waals surface area contributed by atoms with E-state index in [0.717, 1.165) is 51.1 Å². The predicted molar refractivity (Wildman–Crippen MR) is 93.1 cm³/mol. The molecule has 2 N–H and O–H groups in total. The van der Waals surface area contributed by atoms with Crippen LogP contribution in [0.15, 0.2) is 0 Å². The Labute approximate surface area is 144 Å². The van der Waals surface area contributed by atoms with Crippen LogP contribution >= 0.6 is 0 Å². The zero-order chi connectivity index (χ0) is 16.9. The zero-order valence-electron chi connectivity index (χ0n) is 14.9. The van der Waals surface area contributed by atoms with Gasteiger partial charge in [-0.25, -0.2) is 4.68 Å². The van der Waals surface area contributed by atoms with Crippen LogP contribution in [0.4, 0.5) is 0 Å². The number of rotatable bonds is 5. The first kappa shape index (κ1) is 17.4. The van der Waals surface area contributed by atoms with Crippen molar-refractivity contribution in [3.8, 4) is 0 Å². The van der Waals surface area contributed by atoms with Crippen LogP contribution in [-0.4, -0.2) is 64.6 Å². The van der Waals surface area contributed by atoms with Crippen LogP contribution in [0, 0.1) is 6.92 Å². The molecule has 3 heterocycles. The largest absolute Gasteiger partial charge is 0.349 e. The highest BCUT2D eigenvalue weighted by Crippen LogP contribution is 2.20. The Balaban J connectivity index is 1.59. The molecule has 1 unspecified atom stereocenters. The van der Waals surface area contributed by atoms with Crippen LogP contribution in [0.2, 0.25) is 0 Å². The van der Waals surface area contributed by atoms with Crippen molar-refractivity contribution in [3.63, 3.8) is 0 Å². The van der Waals surface area contributed by atoms with Gasteiger partial charge in [0, 0.05) is 12.6 Å². The number of nitrogens with zero attached hydrogens (tertiary/aromatic N) is 4. The Morgan fingerprint density at radius 2 is 2.08 bits per heavy atom. The molecule has 2 fully saturated rings. The second kappa shape index (κ2) is 8.07. The smallest absolute Gasteiger partial charge is 0.273 e. The summed E-state index contributed by atoms with van der Waals surface area (Å²) in [5.74, 6) is -0.0886. The van der Waals surface area contributed by atoms with Gasteiger partial charge in [0.1, 0.15) is 0 Å². The first-order valence-corrected chi connectivity index (χ1v) is 9.35. The average Bonchev–Trinajstić information content (AvgIpc) is 3.02. The first-order valence-electron chi connectivity index (χ1n) is 9.35. The van der Waals surface area contributed by atoms with E-state index < -0.39 is 0 Å². The second-order valence-electron chi connectivity index (χ2n) is 6.94. The van der Waals surface area contributed by atoms with E-state index in [-0.39, 0.29) is 5.91 Å². The Morgan fingerprint density at radius 3 is 2.83 bits per heavy atom. The third-order valence-corrected chi connectivity index (χ3v) is 5.45. The van der Waals surface area contributed by atoms with Crippen LogP contribution in [0.25, 0.3) is 0 Å². The fourth-order valence-electron chi connectivity index (χ4n) is 3.95. The molecular weight excluding hydrogens is 304 g/mol. The molecule has 0 bridgehead atoms. The van der Waals surface area contributed by atoms with Crippen LogP contribution in [-0.2, 0) is 0 Å². The lowest BCUT2D eigenvalue weighted by molar-refractivity contribution is 0.0912. The molecule has 0 radical (unpaired) electrons. The molecule has 2 aliphatic heterocycles. The minimum absolute atomic E-state index is 0.0886. The van der Waals surface area contributed by atoms with Crippen molar-refractivity contribution in [2.75, 3.05) is 32.7 Å². The number of likely N-dealkylation sites (tertiary alicyclic amines) is 1. The lowest BCUT2D eigenvalue weighted by Gasteiger charge is -2.34. The predicted octanol–water partition coefficient (Wildman–Crippen LogP) is 1.12. The molecule has 134 valence electrons. The summed E-state index contributed by atoms with van der Waals surface area (Å²) in [6, 6.07) is 0.807. The van der Waals surface area contributed by atoms with E-state index >= 15 is 0 Å². The van der Waals surface area contributed by atoms with E-state index in [4.69, 9.17) is 0 Å². The van der Waals surface area contributed by atoms with Gasteiger partial charge >= 0.3 is 0 Å². The lowest BCUT2D eigenvalue weighted by Crippen LogP contribution is -2.46. The van der Waals surface area contributed by atoms with Gasteiger partial charge in [0.05, 0.1) is 11.7 Å². The van der Waals surface area contributed by atoms with Crippen molar-refractivity contribution in [3.05, 3.63) is 11.4 Å². The Morgan fingerprint density at radius 1 is 1.29 bits per heavy atom. The minimum atomic E-state index is -0.0886. The third kappa shape index (κ3) is 3.78. The monoisotopic (exact) mass is 334 g/mol. The number of hydrogen-bond donors (Lipinski definition) is 2. The molecule has 2 aliphatic rings. The van der Waals surface area contributed by atoms with Crippen molar-refractivity contribution >= 4 is 5.91 Å². The van der Waals surface area contributed by atoms with Crippen molar-refractivity contribution in [1.29, 1.82) is 0 Å². The molecule has 7 heteroatoms. The maximum Gasteiger partial charge on any atom is 0.273 e. The summed E-state index contributed by atoms with van der Waals surface area (Å²) in [6.07, 6.45) is 5.76. The molecule has 1 aromatic rings. The van der Waals surface area contributed by atoms with E-state index in [2.05, 4.69) is 32.8 Å². The summed E-state index contributed by atoms with van der Waals surface area (Å²) in [7, 11) is 0. The van der Waals surface area contributed by atoms with E-state index in [9.17, 15) is 4.79 Å². The van der Waals surface area contributed by atoms with Gasteiger partial charge in [-0.05, 0) is 58.8 Å². The number of likely N-dealkylation sites (N-methyl/N-ethyl adjacent to an activating group) is 1. The van der Waals surface area contributed by atoms with E-state index in [1.165, 1.54) is 12.8 Å². The van der Waals surface area contributed by atoms with Crippen molar-refractivity contribution in [2.45, 2.75) is 58.0 Å². The Bertz CT molecular complexity index is 551. The van der Waals surface area contributed by atoms with Crippen LogP contribution in [0.5, 0.6) is 0 Å². The molecule has 3 rings (SSSR count). The molecule has 0 aromatic carbocycles. The number of aromatic nitrogens is 3. The fraction of sp³-hybridized carbons (Fsp3) is 0.824. The topological polar surface area (TPSA) is 75.1 Å². The lowest BCUT2D eigenvalue weighted by atomic mass is 10.0. The maximum absolute atomic E-state index is 12.5. The molecular formula is C17H30N6O. The molecule has 24 heavy (non-hydrogen) atoms. The van der Waals surface area contributed by atoms with Gasteiger partial charge in [0.2, 0.25) is 0 Å². The summed E-state index contributed by atoms with van der Waals surface area (Å²) < 4.78 is 1.94. The summed E-state index contributed by atoms with van der Waals surface area (Å²) in [5, 5.41) is 14.9. The van der Waals surface area contributed by atoms with Gasteiger partial charge in [-0.1, -0.05) is 18.6 Å². The van der Waals surface area contributed by atoms with Crippen LogP contribution < -0.4 is 10.6 Å². The summed E-state index contributed by atoms with van der Waals surface area (Å²) in [5.41, 5.74) is 1.36. The molecule has 0 aliphatic carbocycles. The number of nitrogens with one attached hydrogen (secondary N) is 2. The number of carbonyl (C=O) groups excluding carboxylic acids is 1. The van der Waals surface area contributed by atoms with Gasteiger partial charge in [-0.2, -0.15) is 0 Å². The van der Waals surface area contributed by atoms with Gasteiger partial charge in [0.25, 0.3) is 5.91 Å².